The van der Waals surface area contributed by atoms with Gasteiger partial charge in [-0.2, -0.15) is 0 Å². The molecular formula is C23H20BrN3O. The largest absolute Gasteiger partial charge is 0.353 e. The molecule has 1 amide bonds. The van der Waals surface area contributed by atoms with Gasteiger partial charge in [0.2, 0.25) is 5.91 Å². The van der Waals surface area contributed by atoms with Gasteiger partial charge in [-0.3, -0.25) is 9.78 Å². The smallest absolute Gasteiger partial charge is 0.224 e. The number of aromatic nitrogens is 2. The lowest BCUT2D eigenvalue weighted by Gasteiger charge is -2.08. The number of para-hydroxylation sites is 2. The molecule has 0 bridgehead atoms. The SMILES string of the molecule is O=C(CCCc1c(-c2ccccn2)[nH]c2ccccc12)Nc1ccccc1Br. The Kier molecular flexibility index (Phi) is 5.53. The summed E-state index contributed by atoms with van der Waals surface area (Å²) in [4.78, 5) is 20.4. The fourth-order valence-electron chi connectivity index (χ4n) is 3.39. The van der Waals surface area contributed by atoms with Crippen molar-refractivity contribution in [2.75, 3.05) is 5.32 Å². The summed E-state index contributed by atoms with van der Waals surface area (Å²) in [6, 6.07) is 21.8. The van der Waals surface area contributed by atoms with Crippen LogP contribution in [0.15, 0.2) is 77.4 Å². The number of nitrogens with zero attached hydrogens (tertiary/aromatic N) is 1. The van der Waals surface area contributed by atoms with Crippen molar-refractivity contribution in [3.8, 4) is 11.4 Å². The molecule has 2 aromatic heterocycles. The second kappa shape index (κ2) is 8.40. The molecular weight excluding hydrogens is 414 g/mol. The van der Waals surface area contributed by atoms with Crippen LogP contribution < -0.4 is 5.32 Å². The van der Waals surface area contributed by atoms with Crippen molar-refractivity contribution < 1.29 is 4.79 Å². The third-order valence-electron chi connectivity index (χ3n) is 4.71. The van der Waals surface area contributed by atoms with E-state index < -0.39 is 0 Å². The summed E-state index contributed by atoms with van der Waals surface area (Å²) in [5, 5.41) is 4.16. The van der Waals surface area contributed by atoms with Gasteiger partial charge in [-0.15, -0.1) is 0 Å². The zero-order chi connectivity index (χ0) is 19.3. The predicted molar refractivity (Wildman–Crippen MR) is 117 cm³/mol. The molecule has 28 heavy (non-hydrogen) atoms. The monoisotopic (exact) mass is 433 g/mol. The van der Waals surface area contributed by atoms with Crippen LogP contribution in [0, 0.1) is 0 Å². The molecule has 0 radical (unpaired) electrons. The quantitative estimate of drug-likeness (QED) is 0.394. The van der Waals surface area contributed by atoms with Gasteiger partial charge in [-0.25, -0.2) is 0 Å². The Morgan fingerprint density at radius 2 is 1.79 bits per heavy atom. The molecule has 5 heteroatoms. The fourth-order valence-corrected chi connectivity index (χ4v) is 3.77. The van der Waals surface area contributed by atoms with Gasteiger partial charge in [-0.05, 0) is 64.7 Å². The highest BCUT2D eigenvalue weighted by molar-refractivity contribution is 9.10. The van der Waals surface area contributed by atoms with Crippen LogP contribution >= 0.6 is 15.9 Å². The van der Waals surface area contributed by atoms with Crippen molar-refractivity contribution in [3.63, 3.8) is 0 Å². The minimum Gasteiger partial charge on any atom is -0.353 e. The van der Waals surface area contributed by atoms with Gasteiger partial charge >= 0.3 is 0 Å². The van der Waals surface area contributed by atoms with Crippen LogP contribution in [0.1, 0.15) is 18.4 Å². The average Bonchev–Trinajstić information content (AvgIpc) is 3.09. The zero-order valence-electron chi connectivity index (χ0n) is 15.3. The minimum atomic E-state index is 0.0196. The molecule has 4 aromatic rings. The first kappa shape index (κ1) is 18.4. The lowest BCUT2D eigenvalue weighted by molar-refractivity contribution is -0.116. The summed E-state index contributed by atoms with van der Waals surface area (Å²) in [5.41, 5.74) is 5.06. The van der Waals surface area contributed by atoms with Crippen molar-refractivity contribution in [1.29, 1.82) is 0 Å². The van der Waals surface area contributed by atoms with Crippen molar-refractivity contribution in [1.82, 2.24) is 9.97 Å². The number of aryl methyl sites for hydroxylation is 1. The average molecular weight is 434 g/mol. The summed E-state index contributed by atoms with van der Waals surface area (Å²) in [7, 11) is 0. The van der Waals surface area contributed by atoms with Gasteiger partial charge in [0.05, 0.1) is 17.1 Å². The highest BCUT2D eigenvalue weighted by Gasteiger charge is 2.14. The van der Waals surface area contributed by atoms with E-state index in [9.17, 15) is 4.79 Å². The molecule has 0 aliphatic heterocycles. The predicted octanol–water partition coefficient (Wildman–Crippen LogP) is 5.95. The Balaban J connectivity index is 1.50. The second-order valence-corrected chi connectivity index (χ2v) is 7.48. The van der Waals surface area contributed by atoms with E-state index in [0.29, 0.717) is 6.42 Å². The fraction of sp³-hybridized carbons (Fsp3) is 0.130. The van der Waals surface area contributed by atoms with Crippen molar-refractivity contribution in [2.45, 2.75) is 19.3 Å². The first-order valence-electron chi connectivity index (χ1n) is 9.28. The number of rotatable bonds is 6. The Labute approximate surface area is 172 Å². The number of pyridine rings is 1. The second-order valence-electron chi connectivity index (χ2n) is 6.62. The Hall–Kier alpha value is -2.92. The summed E-state index contributed by atoms with van der Waals surface area (Å²) in [6.45, 7) is 0. The molecule has 4 nitrogen and oxygen atoms in total. The number of benzene rings is 2. The summed E-state index contributed by atoms with van der Waals surface area (Å²) >= 11 is 3.46. The van der Waals surface area contributed by atoms with Crippen molar-refractivity contribution in [3.05, 3.63) is 83.0 Å². The maximum absolute atomic E-state index is 12.4. The number of H-pyrrole nitrogens is 1. The van der Waals surface area contributed by atoms with Gasteiger partial charge in [0.25, 0.3) is 0 Å². The van der Waals surface area contributed by atoms with E-state index in [1.807, 2.05) is 54.6 Å². The zero-order valence-corrected chi connectivity index (χ0v) is 16.9. The number of aromatic amines is 1. The van der Waals surface area contributed by atoms with Gasteiger partial charge < -0.3 is 10.3 Å². The van der Waals surface area contributed by atoms with Gasteiger partial charge in [-0.1, -0.05) is 36.4 Å². The number of hydrogen-bond acceptors (Lipinski definition) is 2. The molecule has 2 heterocycles. The normalized spacial score (nSPS) is 10.9. The molecule has 0 unspecified atom stereocenters. The maximum atomic E-state index is 12.4. The molecule has 0 atom stereocenters. The molecule has 4 rings (SSSR count). The highest BCUT2D eigenvalue weighted by atomic mass is 79.9. The molecule has 0 aliphatic carbocycles. The van der Waals surface area contributed by atoms with Crippen LogP contribution in [0.4, 0.5) is 5.69 Å². The first-order chi connectivity index (χ1) is 13.7. The van der Waals surface area contributed by atoms with Crippen LogP contribution in [0.2, 0.25) is 0 Å². The van der Waals surface area contributed by atoms with E-state index in [1.54, 1.807) is 6.20 Å². The molecule has 2 aromatic carbocycles. The van der Waals surface area contributed by atoms with E-state index >= 15 is 0 Å². The van der Waals surface area contributed by atoms with E-state index in [0.717, 1.165) is 39.9 Å². The third kappa shape index (κ3) is 3.99. The van der Waals surface area contributed by atoms with Crippen LogP contribution in [-0.4, -0.2) is 15.9 Å². The van der Waals surface area contributed by atoms with Crippen molar-refractivity contribution in [2.24, 2.45) is 0 Å². The number of hydrogen-bond donors (Lipinski definition) is 2. The first-order valence-corrected chi connectivity index (χ1v) is 10.1. The minimum absolute atomic E-state index is 0.0196. The summed E-state index contributed by atoms with van der Waals surface area (Å²) < 4.78 is 0.886. The molecule has 0 saturated heterocycles. The molecule has 0 fully saturated rings. The highest BCUT2D eigenvalue weighted by Crippen LogP contribution is 2.30. The van der Waals surface area contributed by atoms with E-state index in [4.69, 9.17) is 0 Å². The molecule has 0 aliphatic rings. The molecule has 0 saturated carbocycles. The summed E-state index contributed by atoms with van der Waals surface area (Å²) in [5.74, 6) is 0.0196. The molecule has 140 valence electrons. The van der Waals surface area contributed by atoms with E-state index in [1.165, 1.54) is 10.9 Å². The number of nitrogens with one attached hydrogen (secondary N) is 2. The number of carbonyl (C=O) groups excluding carboxylic acids is 1. The maximum Gasteiger partial charge on any atom is 0.224 e. The van der Waals surface area contributed by atoms with E-state index in [2.05, 4.69) is 43.3 Å². The number of amides is 1. The summed E-state index contributed by atoms with van der Waals surface area (Å²) in [6.07, 6.45) is 3.83. The standard InChI is InChI=1S/C23H20BrN3O/c24-18-10-2-4-12-20(18)26-22(28)14-7-9-17-16-8-1-3-11-19(16)27-23(17)21-13-5-6-15-25-21/h1-6,8,10-13,15,27H,7,9,14H2,(H,26,28). The topological polar surface area (TPSA) is 57.8 Å². The Morgan fingerprint density at radius 1 is 1.00 bits per heavy atom. The van der Waals surface area contributed by atoms with Gasteiger partial charge in [0.1, 0.15) is 0 Å². The Bertz CT molecular complexity index is 1110. The Morgan fingerprint density at radius 3 is 2.61 bits per heavy atom. The van der Waals surface area contributed by atoms with Crippen molar-refractivity contribution >= 4 is 38.4 Å². The van der Waals surface area contributed by atoms with Crippen LogP contribution in [0.3, 0.4) is 0 Å². The van der Waals surface area contributed by atoms with Gasteiger partial charge in [0, 0.05) is 28.0 Å². The van der Waals surface area contributed by atoms with Crippen LogP contribution in [-0.2, 0) is 11.2 Å². The van der Waals surface area contributed by atoms with E-state index in [-0.39, 0.29) is 5.91 Å². The lowest BCUT2D eigenvalue weighted by Crippen LogP contribution is -2.11. The number of carbonyl (C=O) groups is 1. The third-order valence-corrected chi connectivity index (χ3v) is 5.40. The van der Waals surface area contributed by atoms with Crippen LogP contribution in [0.5, 0.6) is 0 Å². The van der Waals surface area contributed by atoms with Gasteiger partial charge in [0.15, 0.2) is 0 Å². The number of fused-ring (bicyclic) bond motifs is 1. The number of halogens is 1. The number of anilines is 1. The molecule has 0 spiro atoms. The lowest BCUT2D eigenvalue weighted by atomic mass is 10.0. The molecule has 2 N–H and O–H groups in total. The van der Waals surface area contributed by atoms with Crippen LogP contribution in [0.25, 0.3) is 22.3 Å².